The van der Waals surface area contributed by atoms with E-state index in [1.54, 1.807) is 11.0 Å². The molecular formula is C35H42ClN3O4. The summed E-state index contributed by atoms with van der Waals surface area (Å²) in [6.45, 7) is 7.43. The fourth-order valence-electron chi connectivity index (χ4n) is 5.04. The van der Waals surface area contributed by atoms with Crippen LogP contribution in [0.3, 0.4) is 0 Å². The molecule has 7 nitrogen and oxygen atoms in total. The molecule has 0 bridgehead atoms. The molecule has 3 aromatic rings. The summed E-state index contributed by atoms with van der Waals surface area (Å²) >= 11 is 6.42. The highest BCUT2D eigenvalue weighted by Gasteiger charge is 2.23. The first-order valence-corrected chi connectivity index (χ1v) is 15.3. The number of hydroxylamine groups is 1. The van der Waals surface area contributed by atoms with Crippen molar-refractivity contribution in [3.63, 3.8) is 0 Å². The van der Waals surface area contributed by atoms with Crippen LogP contribution in [0, 0.1) is 0 Å². The van der Waals surface area contributed by atoms with Gasteiger partial charge in [0.1, 0.15) is 5.60 Å². The lowest BCUT2D eigenvalue weighted by Crippen LogP contribution is -2.38. The van der Waals surface area contributed by atoms with Crippen molar-refractivity contribution in [2.24, 2.45) is 0 Å². The molecule has 1 aliphatic heterocycles. The Bertz CT molecular complexity index is 1390. The average molecular weight is 604 g/mol. The van der Waals surface area contributed by atoms with Crippen molar-refractivity contribution >= 4 is 35.0 Å². The summed E-state index contributed by atoms with van der Waals surface area (Å²) in [5.74, 6) is -0.380. The summed E-state index contributed by atoms with van der Waals surface area (Å²) in [6.07, 6.45) is 6.87. The molecule has 0 unspecified atom stereocenters. The van der Waals surface area contributed by atoms with Crippen LogP contribution >= 0.6 is 11.6 Å². The molecule has 43 heavy (non-hydrogen) atoms. The minimum absolute atomic E-state index is 0.247. The highest BCUT2D eigenvalue weighted by molar-refractivity contribution is 6.30. The van der Waals surface area contributed by atoms with E-state index in [0.29, 0.717) is 19.6 Å². The van der Waals surface area contributed by atoms with E-state index in [-0.39, 0.29) is 12.5 Å². The van der Waals surface area contributed by atoms with Crippen LogP contribution in [0.15, 0.2) is 84.9 Å². The van der Waals surface area contributed by atoms with Gasteiger partial charge in [-0.2, -0.15) is 0 Å². The molecule has 3 aromatic carbocycles. The van der Waals surface area contributed by atoms with Crippen molar-refractivity contribution in [1.82, 2.24) is 10.4 Å². The van der Waals surface area contributed by atoms with Crippen LogP contribution in [0.4, 0.5) is 16.2 Å². The maximum absolute atomic E-state index is 13.0. The van der Waals surface area contributed by atoms with E-state index >= 15 is 0 Å². The predicted octanol–water partition coefficient (Wildman–Crippen LogP) is 7.44. The number of unbranched alkanes of at least 4 members (excludes halogenated alkanes) is 1. The second-order valence-electron chi connectivity index (χ2n) is 11.6. The molecule has 8 heteroatoms. The number of hydrogen-bond acceptors (Lipinski definition) is 5. The molecule has 0 radical (unpaired) electrons. The number of anilines is 2. The zero-order valence-electron chi connectivity index (χ0n) is 25.4. The van der Waals surface area contributed by atoms with Gasteiger partial charge in [-0.15, -0.1) is 0 Å². The Kier molecular flexibility index (Phi) is 11.6. The van der Waals surface area contributed by atoms with E-state index in [1.807, 2.05) is 63.2 Å². The van der Waals surface area contributed by atoms with Crippen molar-refractivity contribution in [1.29, 1.82) is 0 Å². The number of rotatable bonds is 12. The summed E-state index contributed by atoms with van der Waals surface area (Å²) in [4.78, 5) is 34.5. The van der Waals surface area contributed by atoms with E-state index < -0.39 is 11.7 Å². The van der Waals surface area contributed by atoms with Crippen LogP contribution in [0.2, 0.25) is 5.02 Å². The molecule has 0 saturated heterocycles. The van der Waals surface area contributed by atoms with Crippen molar-refractivity contribution in [3.05, 3.63) is 107 Å². The highest BCUT2D eigenvalue weighted by atomic mass is 35.5. The number of ether oxygens (including phenoxy) is 1. The molecule has 0 aliphatic carbocycles. The molecule has 0 saturated carbocycles. The Balaban J connectivity index is 1.32. The number of benzene rings is 3. The van der Waals surface area contributed by atoms with E-state index in [1.165, 1.54) is 22.9 Å². The summed E-state index contributed by atoms with van der Waals surface area (Å²) < 4.78 is 5.65. The number of amides is 2. The zero-order chi connectivity index (χ0) is 30.7. The number of fused-ring (bicyclic) bond motifs is 2. The lowest BCUT2D eigenvalue weighted by atomic mass is 10.0. The molecule has 228 valence electrons. The first kappa shape index (κ1) is 32.1. The third-order valence-electron chi connectivity index (χ3n) is 7.10. The largest absolute Gasteiger partial charge is 0.444 e. The summed E-state index contributed by atoms with van der Waals surface area (Å²) in [6, 6.07) is 24.6. The standard InChI is InChI=1S/C35H42ClN3O4/c1-35(2,3)43-34(41)38(23-11-16-33(40)37-42-25-21-27-12-5-4-6-13-27)22-9-10-24-39-31-15-8-7-14-28(31)17-18-29-19-20-30(36)26-32(29)39/h4-8,11-16,19-20,26H,9-10,17-18,21-25H2,1-3H3,(H,37,40)/b16-11+. The Hall–Kier alpha value is -3.81. The summed E-state index contributed by atoms with van der Waals surface area (Å²) in [5, 5.41) is 0.719. The smallest absolute Gasteiger partial charge is 0.410 e. The van der Waals surface area contributed by atoms with E-state index in [0.717, 1.165) is 48.5 Å². The normalized spacial score (nSPS) is 12.8. The second kappa shape index (κ2) is 15.6. The maximum Gasteiger partial charge on any atom is 0.410 e. The zero-order valence-corrected chi connectivity index (χ0v) is 26.1. The minimum Gasteiger partial charge on any atom is -0.444 e. The number of carbonyl (C=O) groups excluding carboxylic acids is 2. The van der Waals surface area contributed by atoms with Crippen molar-refractivity contribution in [2.45, 2.75) is 58.5 Å². The molecule has 1 heterocycles. The quantitative estimate of drug-likeness (QED) is 0.132. The first-order valence-electron chi connectivity index (χ1n) is 14.9. The van der Waals surface area contributed by atoms with Crippen LogP contribution in [-0.2, 0) is 33.6 Å². The van der Waals surface area contributed by atoms with E-state index in [2.05, 4.69) is 40.7 Å². The number of hydrogen-bond donors (Lipinski definition) is 1. The third kappa shape index (κ3) is 10.2. The number of carbonyl (C=O) groups is 2. The molecule has 4 rings (SSSR count). The monoisotopic (exact) mass is 603 g/mol. The van der Waals surface area contributed by atoms with Gasteiger partial charge in [-0.25, -0.2) is 10.3 Å². The number of aryl methyl sites for hydroxylation is 2. The van der Waals surface area contributed by atoms with Crippen molar-refractivity contribution < 1.29 is 19.2 Å². The van der Waals surface area contributed by atoms with Gasteiger partial charge in [0.2, 0.25) is 0 Å². The van der Waals surface area contributed by atoms with Gasteiger partial charge < -0.3 is 14.5 Å². The highest BCUT2D eigenvalue weighted by Crippen LogP contribution is 2.37. The van der Waals surface area contributed by atoms with Gasteiger partial charge in [0, 0.05) is 42.1 Å². The maximum atomic E-state index is 13.0. The Labute approximate surface area is 260 Å². The van der Waals surface area contributed by atoms with Gasteiger partial charge in [0.05, 0.1) is 6.61 Å². The minimum atomic E-state index is -0.623. The molecule has 0 spiro atoms. The van der Waals surface area contributed by atoms with Crippen LogP contribution in [0.25, 0.3) is 0 Å². The lowest BCUT2D eigenvalue weighted by molar-refractivity contribution is -0.128. The predicted molar refractivity (Wildman–Crippen MR) is 173 cm³/mol. The number of nitrogens with one attached hydrogen (secondary N) is 1. The Morgan fingerprint density at radius 3 is 2.44 bits per heavy atom. The second-order valence-corrected chi connectivity index (χ2v) is 12.1. The van der Waals surface area contributed by atoms with Gasteiger partial charge in [-0.3, -0.25) is 9.63 Å². The molecule has 0 fully saturated rings. The molecule has 0 aromatic heterocycles. The summed E-state index contributed by atoms with van der Waals surface area (Å²) in [5.41, 5.74) is 7.88. The van der Waals surface area contributed by atoms with Crippen molar-refractivity contribution in [2.75, 3.05) is 31.1 Å². The average Bonchev–Trinajstić information content (AvgIpc) is 3.12. The molecular weight excluding hydrogens is 562 g/mol. The third-order valence-corrected chi connectivity index (χ3v) is 7.33. The van der Waals surface area contributed by atoms with Gasteiger partial charge in [-0.1, -0.05) is 72.3 Å². The van der Waals surface area contributed by atoms with Gasteiger partial charge in [0.25, 0.3) is 5.91 Å². The topological polar surface area (TPSA) is 71.1 Å². The fourth-order valence-corrected chi connectivity index (χ4v) is 5.20. The Morgan fingerprint density at radius 1 is 0.953 bits per heavy atom. The van der Waals surface area contributed by atoms with Crippen LogP contribution in [-0.4, -0.2) is 48.7 Å². The molecule has 1 aliphatic rings. The fraction of sp³-hybridized carbons (Fsp3) is 0.371. The number of para-hydroxylation sites is 1. The van der Waals surface area contributed by atoms with Gasteiger partial charge >= 0.3 is 6.09 Å². The van der Waals surface area contributed by atoms with Crippen LogP contribution in [0.5, 0.6) is 0 Å². The van der Waals surface area contributed by atoms with Gasteiger partial charge in [-0.05, 0) is 87.8 Å². The molecule has 0 atom stereocenters. The van der Waals surface area contributed by atoms with Gasteiger partial charge in [0.15, 0.2) is 0 Å². The van der Waals surface area contributed by atoms with Crippen LogP contribution in [0.1, 0.15) is 50.3 Å². The van der Waals surface area contributed by atoms with Crippen molar-refractivity contribution in [3.8, 4) is 0 Å². The van der Waals surface area contributed by atoms with E-state index in [4.69, 9.17) is 21.2 Å². The van der Waals surface area contributed by atoms with Crippen LogP contribution < -0.4 is 10.4 Å². The van der Waals surface area contributed by atoms with E-state index in [9.17, 15) is 9.59 Å². The lowest BCUT2D eigenvalue weighted by Gasteiger charge is -2.29. The number of nitrogens with zero attached hydrogens (tertiary/aromatic N) is 2. The first-order chi connectivity index (χ1) is 20.7. The number of halogens is 1. The molecule has 1 N–H and O–H groups in total. The SMILES string of the molecule is CC(C)(C)OC(=O)N(C/C=C/C(=O)NOCCc1ccccc1)CCCCN1c2ccccc2CCc2ccc(Cl)cc21. The summed E-state index contributed by atoms with van der Waals surface area (Å²) in [7, 11) is 0. The Morgan fingerprint density at radius 2 is 1.67 bits per heavy atom. The molecule has 2 amide bonds.